The Morgan fingerprint density at radius 2 is 2.08 bits per heavy atom. The van der Waals surface area contributed by atoms with E-state index in [4.69, 9.17) is 0 Å². The Hall–Kier alpha value is -2.28. The zero-order valence-electron chi connectivity index (χ0n) is 16.3. The van der Waals surface area contributed by atoms with Gasteiger partial charge in [-0.3, -0.25) is 14.4 Å². The van der Waals surface area contributed by atoms with Crippen molar-refractivity contribution in [3.63, 3.8) is 0 Å². The van der Waals surface area contributed by atoms with Gasteiger partial charge in [-0.05, 0) is 58.3 Å². The molecule has 0 aromatic carbocycles. The van der Waals surface area contributed by atoms with E-state index < -0.39 is 0 Å². The van der Waals surface area contributed by atoms with Crippen molar-refractivity contribution < 1.29 is 4.79 Å². The second-order valence-corrected chi connectivity index (χ2v) is 7.33. The fourth-order valence-electron chi connectivity index (χ4n) is 4.05. The first kappa shape index (κ1) is 18.5. The maximum Gasteiger partial charge on any atom is 0.272 e. The molecule has 26 heavy (non-hydrogen) atoms. The van der Waals surface area contributed by atoms with Gasteiger partial charge in [-0.15, -0.1) is 0 Å². The molecule has 1 amide bonds. The largest absolute Gasteiger partial charge is 0.340 e. The number of amides is 1. The summed E-state index contributed by atoms with van der Waals surface area (Å²) in [7, 11) is 6.00. The zero-order valence-corrected chi connectivity index (χ0v) is 16.3. The van der Waals surface area contributed by atoms with Crippen molar-refractivity contribution in [2.75, 3.05) is 27.2 Å². The first-order valence-electron chi connectivity index (χ1n) is 9.12. The van der Waals surface area contributed by atoms with Crippen molar-refractivity contribution in [3.8, 4) is 0 Å². The number of hydrogen-bond donors (Lipinski definition) is 0. The van der Waals surface area contributed by atoms with Crippen molar-refractivity contribution in [2.24, 2.45) is 13.0 Å². The normalized spacial score (nSPS) is 21.0. The van der Waals surface area contributed by atoms with Crippen molar-refractivity contribution in [1.29, 1.82) is 0 Å². The molecule has 0 radical (unpaired) electrons. The topological polar surface area (TPSA) is 67.2 Å². The van der Waals surface area contributed by atoms with Crippen LogP contribution in [-0.2, 0) is 7.05 Å². The number of likely N-dealkylation sites (tertiary alicyclic amines) is 1. The van der Waals surface area contributed by atoms with Gasteiger partial charge < -0.3 is 4.90 Å². The van der Waals surface area contributed by atoms with E-state index in [9.17, 15) is 4.79 Å². The molecule has 2 aromatic heterocycles. The fourth-order valence-corrected chi connectivity index (χ4v) is 4.05. The number of carbonyl (C=O) groups excluding carboxylic acids is 1. The van der Waals surface area contributed by atoms with Gasteiger partial charge >= 0.3 is 0 Å². The summed E-state index contributed by atoms with van der Waals surface area (Å²) in [5, 5.41) is 4.33. The second kappa shape index (κ2) is 7.53. The molecule has 0 saturated carbocycles. The molecular weight excluding hydrogens is 328 g/mol. The molecule has 1 aliphatic rings. The first-order valence-corrected chi connectivity index (χ1v) is 9.12. The van der Waals surface area contributed by atoms with Gasteiger partial charge in [0.05, 0.1) is 11.7 Å². The van der Waals surface area contributed by atoms with E-state index in [-0.39, 0.29) is 11.9 Å². The average molecular weight is 356 g/mol. The van der Waals surface area contributed by atoms with Gasteiger partial charge in [0.1, 0.15) is 11.5 Å². The van der Waals surface area contributed by atoms with Crippen LogP contribution < -0.4 is 0 Å². The minimum absolute atomic E-state index is 0.0458. The third kappa shape index (κ3) is 3.77. The standard InChI is InChI=1S/C19H28N6O/c1-13-11-16(22-14(2)21-13)19(26)24(4)12-15-7-6-10-23(3)18(15)17-8-9-20-25(17)5/h8-9,11,15,18H,6-7,10,12H2,1-5H3/t15-,18+/m0/s1. The molecule has 3 heterocycles. The molecule has 2 atom stereocenters. The van der Waals surface area contributed by atoms with Crippen LogP contribution in [0.5, 0.6) is 0 Å². The summed E-state index contributed by atoms with van der Waals surface area (Å²) in [5.74, 6) is 0.949. The van der Waals surface area contributed by atoms with E-state index in [0.29, 0.717) is 24.0 Å². The third-order valence-electron chi connectivity index (χ3n) is 5.21. The number of aromatic nitrogens is 4. The Morgan fingerprint density at radius 3 is 2.73 bits per heavy atom. The Bertz CT molecular complexity index is 766. The molecule has 7 nitrogen and oxygen atoms in total. The second-order valence-electron chi connectivity index (χ2n) is 7.33. The maximum absolute atomic E-state index is 12.9. The van der Waals surface area contributed by atoms with Crippen molar-refractivity contribution >= 4 is 5.91 Å². The Morgan fingerprint density at radius 1 is 1.31 bits per heavy atom. The van der Waals surface area contributed by atoms with Crippen LogP contribution in [0, 0.1) is 19.8 Å². The summed E-state index contributed by atoms with van der Waals surface area (Å²) in [4.78, 5) is 25.6. The number of carbonyl (C=O) groups is 1. The van der Waals surface area contributed by atoms with Crippen LogP contribution in [0.25, 0.3) is 0 Å². The number of aryl methyl sites for hydroxylation is 3. The number of piperidine rings is 1. The third-order valence-corrected chi connectivity index (χ3v) is 5.21. The lowest BCUT2D eigenvalue weighted by molar-refractivity contribution is 0.0625. The average Bonchev–Trinajstić information content (AvgIpc) is 2.99. The van der Waals surface area contributed by atoms with E-state index >= 15 is 0 Å². The lowest BCUT2D eigenvalue weighted by atomic mass is 9.87. The van der Waals surface area contributed by atoms with Crippen LogP contribution in [0.4, 0.5) is 0 Å². The van der Waals surface area contributed by atoms with Gasteiger partial charge in [0, 0.05) is 32.5 Å². The monoisotopic (exact) mass is 356 g/mol. The quantitative estimate of drug-likeness (QED) is 0.838. The molecule has 0 spiro atoms. The van der Waals surface area contributed by atoms with E-state index in [1.54, 1.807) is 11.0 Å². The zero-order chi connectivity index (χ0) is 18.8. The first-order chi connectivity index (χ1) is 12.4. The highest BCUT2D eigenvalue weighted by Crippen LogP contribution is 2.35. The van der Waals surface area contributed by atoms with E-state index in [1.165, 1.54) is 5.69 Å². The molecular formula is C19H28N6O. The van der Waals surface area contributed by atoms with Gasteiger partial charge in [-0.1, -0.05) is 0 Å². The molecule has 1 saturated heterocycles. The highest BCUT2D eigenvalue weighted by molar-refractivity contribution is 5.92. The van der Waals surface area contributed by atoms with Crippen molar-refractivity contribution in [3.05, 3.63) is 41.2 Å². The summed E-state index contributed by atoms with van der Waals surface area (Å²) in [6.45, 7) is 5.47. The van der Waals surface area contributed by atoms with Gasteiger partial charge in [0.25, 0.3) is 5.91 Å². The lowest BCUT2D eigenvalue weighted by Gasteiger charge is -2.40. The van der Waals surface area contributed by atoms with Gasteiger partial charge in [-0.2, -0.15) is 5.10 Å². The molecule has 0 bridgehead atoms. The van der Waals surface area contributed by atoms with Crippen LogP contribution in [0.15, 0.2) is 18.3 Å². The molecule has 1 aliphatic heterocycles. The Kier molecular flexibility index (Phi) is 5.36. The van der Waals surface area contributed by atoms with E-state index in [0.717, 1.165) is 25.1 Å². The van der Waals surface area contributed by atoms with Crippen LogP contribution in [0.1, 0.15) is 46.6 Å². The van der Waals surface area contributed by atoms with Crippen molar-refractivity contribution in [1.82, 2.24) is 29.5 Å². The molecule has 0 N–H and O–H groups in total. The molecule has 0 unspecified atom stereocenters. The van der Waals surface area contributed by atoms with Gasteiger partial charge in [0.15, 0.2) is 0 Å². The molecule has 2 aromatic rings. The summed E-state index contributed by atoms with van der Waals surface area (Å²) < 4.78 is 1.94. The van der Waals surface area contributed by atoms with E-state index in [1.807, 2.05) is 38.8 Å². The predicted octanol–water partition coefficient (Wildman–Crippen LogP) is 1.98. The highest BCUT2D eigenvalue weighted by Gasteiger charge is 2.34. The van der Waals surface area contributed by atoms with Gasteiger partial charge in [-0.25, -0.2) is 9.97 Å². The summed E-state index contributed by atoms with van der Waals surface area (Å²) in [6.07, 6.45) is 4.08. The highest BCUT2D eigenvalue weighted by atomic mass is 16.2. The number of nitrogens with zero attached hydrogens (tertiary/aromatic N) is 6. The minimum atomic E-state index is -0.0458. The fraction of sp³-hybridized carbons (Fsp3) is 0.579. The SMILES string of the molecule is Cc1cc(C(=O)N(C)C[C@@H]2CCCN(C)[C@H]2c2ccnn2C)nc(C)n1. The van der Waals surface area contributed by atoms with Gasteiger partial charge in [0.2, 0.25) is 0 Å². The van der Waals surface area contributed by atoms with Crippen molar-refractivity contribution in [2.45, 2.75) is 32.7 Å². The predicted molar refractivity (Wildman–Crippen MR) is 99.8 cm³/mol. The molecule has 140 valence electrons. The summed E-state index contributed by atoms with van der Waals surface area (Å²) in [6, 6.07) is 4.11. The van der Waals surface area contributed by atoms with Crippen LogP contribution in [0.2, 0.25) is 0 Å². The maximum atomic E-state index is 12.9. The lowest BCUT2D eigenvalue weighted by Crippen LogP contribution is -2.43. The Labute approximate surface area is 155 Å². The van der Waals surface area contributed by atoms with Crippen LogP contribution in [0.3, 0.4) is 0 Å². The minimum Gasteiger partial charge on any atom is -0.340 e. The Balaban J connectivity index is 1.79. The van der Waals surface area contributed by atoms with E-state index in [2.05, 4.69) is 33.1 Å². The summed E-state index contributed by atoms with van der Waals surface area (Å²) in [5.41, 5.74) is 2.49. The molecule has 7 heteroatoms. The smallest absolute Gasteiger partial charge is 0.272 e. The van der Waals surface area contributed by atoms with Crippen LogP contribution >= 0.6 is 0 Å². The molecule has 0 aliphatic carbocycles. The number of rotatable bonds is 4. The summed E-state index contributed by atoms with van der Waals surface area (Å²) >= 11 is 0. The molecule has 3 rings (SSSR count). The van der Waals surface area contributed by atoms with Crippen LogP contribution in [-0.4, -0.2) is 62.6 Å². The molecule has 1 fully saturated rings. The number of hydrogen-bond acceptors (Lipinski definition) is 5.